The molecule has 124 valence electrons. The van der Waals surface area contributed by atoms with Crippen LogP contribution in [0.15, 0.2) is 54.6 Å². The average Bonchev–Trinajstić information content (AvgIpc) is 2.55. The molecule has 2 rings (SSSR count). The van der Waals surface area contributed by atoms with E-state index in [1.807, 2.05) is 30.3 Å². The minimum absolute atomic E-state index is 0.0394. The number of hydrogen-bond acceptors (Lipinski definition) is 4. The molecule has 0 aromatic heterocycles. The van der Waals surface area contributed by atoms with Crippen molar-refractivity contribution in [2.24, 2.45) is 5.73 Å². The second-order valence-corrected chi connectivity index (χ2v) is 5.31. The van der Waals surface area contributed by atoms with Gasteiger partial charge in [0.15, 0.2) is 0 Å². The number of hydrogen-bond donors (Lipinski definition) is 2. The molecule has 7 heteroatoms. The minimum Gasteiger partial charge on any atom is -0.368 e. The summed E-state index contributed by atoms with van der Waals surface area (Å²) in [6.07, 6.45) is 0.318. The number of carbonyl (C=O) groups is 2. The van der Waals surface area contributed by atoms with E-state index in [1.54, 1.807) is 0 Å². The van der Waals surface area contributed by atoms with Gasteiger partial charge in [-0.05, 0) is 11.1 Å². The van der Waals surface area contributed by atoms with Crippen molar-refractivity contribution in [2.75, 3.05) is 0 Å². The number of nitro benzene ring substituents is 1. The molecule has 0 radical (unpaired) electrons. The molecule has 0 aliphatic heterocycles. The van der Waals surface area contributed by atoms with E-state index < -0.39 is 16.9 Å². The van der Waals surface area contributed by atoms with Crippen LogP contribution in [0.1, 0.15) is 11.1 Å². The lowest BCUT2D eigenvalue weighted by Gasteiger charge is -2.15. The summed E-state index contributed by atoms with van der Waals surface area (Å²) < 4.78 is 0. The van der Waals surface area contributed by atoms with Crippen molar-refractivity contribution in [3.05, 3.63) is 75.8 Å². The van der Waals surface area contributed by atoms with Gasteiger partial charge in [0.05, 0.1) is 11.3 Å². The fourth-order valence-corrected chi connectivity index (χ4v) is 2.24. The number of amides is 2. The summed E-state index contributed by atoms with van der Waals surface area (Å²) in [5.74, 6) is -0.971. The third-order valence-electron chi connectivity index (χ3n) is 3.47. The molecule has 7 nitrogen and oxygen atoms in total. The van der Waals surface area contributed by atoms with Crippen molar-refractivity contribution in [3.8, 4) is 0 Å². The molecule has 24 heavy (non-hydrogen) atoms. The third kappa shape index (κ3) is 4.91. The molecule has 0 bridgehead atoms. The van der Waals surface area contributed by atoms with Gasteiger partial charge in [-0.3, -0.25) is 19.7 Å². The zero-order chi connectivity index (χ0) is 17.5. The van der Waals surface area contributed by atoms with E-state index in [0.29, 0.717) is 5.56 Å². The lowest BCUT2D eigenvalue weighted by molar-refractivity contribution is -0.384. The first-order chi connectivity index (χ1) is 11.5. The fourth-order valence-electron chi connectivity index (χ4n) is 2.24. The van der Waals surface area contributed by atoms with E-state index in [9.17, 15) is 19.7 Å². The van der Waals surface area contributed by atoms with Gasteiger partial charge in [-0.15, -0.1) is 0 Å². The molecule has 2 amide bonds. The van der Waals surface area contributed by atoms with Crippen molar-refractivity contribution >= 4 is 17.5 Å². The predicted molar refractivity (Wildman–Crippen MR) is 88.1 cm³/mol. The molecule has 0 spiro atoms. The highest BCUT2D eigenvalue weighted by Gasteiger charge is 2.19. The smallest absolute Gasteiger partial charge is 0.269 e. The summed E-state index contributed by atoms with van der Waals surface area (Å²) in [7, 11) is 0. The Hall–Kier alpha value is -3.22. The number of nitrogens with zero attached hydrogens (tertiary/aromatic N) is 1. The van der Waals surface area contributed by atoms with Crippen molar-refractivity contribution in [1.82, 2.24) is 5.32 Å². The maximum absolute atomic E-state index is 12.1. The molecule has 0 aliphatic carbocycles. The standard InChI is InChI=1S/C17H17N3O4/c18-17(22)15(10-13-6-8-14(9-7-13)20(23)24)19-16(21)11-12-4-2-1-3-5-12/h1-9,15H,10-11H2,(H2,18,22)(H,19,21)/t15-/m1/s1. The number of nitrogens with two attached hydrogens (primary N) is 1. The first-order valence-corrected chi connectivity index (χ1v) is 7.31. The second kappa shape index (κ2) is 7.87. The van der Waals surface area contributed by atoms with Gasteiger partial charge in [0.1, 0.15) is 6.04 Å². The van der Waals surface area contributed by atoms with Crippen LogP contribution in [0, 0.1) is 10.1 Å². The number of carbonyl (C=O) groups excluding carboxylic acids is 2. The molecular weight excluding hydrogens is 310 g/mol. The number of non-ortho nitro benzene ring substituents is 1. The molecule has 1 atom stereocenters. The number of nitro groups is 1. The Labute approximate surface area is 138 Å². The maximum Gasteiger partial charge on any atom is 0.269 e. The van der Waals surface area contributed by atoms with Crippen LogP contribution < -0.4 is 11.1 Å². The van der Waals surface area contributed by atoms with Gasteiger partial charge in [0.25, 0.3) is 5.69 Å². The van der Waals surface area contributed by atoms with Crippen LogP contribution in [0.3, 0.4) is 0 Å². The van der Waals surface area contributed by atoms with Crippen LogP contribution in [0.25, 0.3) is 0 Å². The summed E-state index contributed by atoms with van der Waals surface area (Å²) in [6.45, 7) is 0. The molecule has 0 heterocycles. The lowest BCUT2D eigenvalue weighted by Crippen LogP contribution is -2.46. The Morgan fingerprint density at radius 1 is 1.04 bits per heavy atom. The fraction of sp³-hybridized carbons (Fsp3) is 0.176. The van der Waals surface area contributed by atoms with E-state index >= 15 is 0 Å². The SMILES string of the molecule is NC(=O)[C@@H](Cc1ccc([N+](=O)[O-])cc1)NC(=O)Cc1ccccc1. The van der Waals surface area contributed by atoms with Gasteiger partial charge in [0, 0.05) is 18.6 Å². The van der Waals surface area contributed by atoms with Crippen LogP contribution in [0.5, 0.6) is 0 Å². The van der Waals surface area contributed by atoms with Crippen LogP contribution in [0.2, 0.25) is 0 Å². The minimum atomic E-state index is -0.873. The van der Waals surface area contributed by atoms with Gasteiger partial charge in [-0.2, -0.15) is 0 Å². The van der Waals surface area contributed by atoms with Gasteiger partial charge < -0.3 is 11.1 Å². The number of nitrogens with one attached hydrogen (secondary N) is 1. The topological polar surface area (TPSA) is 115 Å². The van der Waals surface area contributed by atoms with Crippen molar-refractivity contribution in [3.63, 3.8) is 0 Å². The van der Waals surface area contributed by atoms with E-state index in [2.05, 4.69) is 5.32 Å². The second-order valence-electron chi connectivity index (χ2n) is 5.31. The molecule has 0 saturated heterocycles. The molecule has 2 aromatic rings. The Kier molecular flexibility index (Phi) is 5.62. The summed E-state index contributed by atoms with van der Waals surface area (Å²) >= 11 is 0. The van der Waals surface area contributed by atoms with Gasteiger partial charge in [-0.1, -0.05) is 42.5 Å². The lowest BCUT2D eigenvalue weighted by atomic mass is 10.0. The predicted octanol–water partition coefficient (Wildman–Crippen LogP) is 1.35. The van der Waals surface area contributed by atoms with E-state index in [-0.39, 0.29) is 24.4 Å². The molecule has 0 aliphatic rings. The molecule has 0 saturated carbocycles. The van der Waals surface area contributed by atoms with Crippen molar-refractivity contribution < 1.29 is 14.5 Å². The highest BCUT2D eigenvalue weighted by atomic mass is 16.6. The van der Waals surface area contributed by atoms with Crippen LogP contribution in [-0.2, 0) is 22.4 Å². The monoisotopic (exact) mass is 327 g/mol. The summed E-state index contributed by atoms with van der Waals surface area (Å²) in [4.78, 5) is 33.8. The largest absolute Gasteiger partial charge is 0.368 e. The Morgan fingerprint density at radius 2 is 1.67 bits per heavy atom. The zero-order valence-electron chi connectivity index (χ0n) is 12.8. The molecule has 0 unspecified atom stereocenters. The highest BCUT2D eigenvalue weighted by Crippen LogP contribution is 2.13. The van der Waals surface area contributed by atoms with E-state index in [4.69, 9.17) is 5.73 Å². The van der Waals surface area contributed by atoms with Gasteiger partial charge in [0.2, 0.25) is 11.8 Å². The summed E-state index contributed by atoms with van der Waals surface area (Å²) in [5, 5.41) is 13.2. The maximum atomic E-state index is 12.1. The quantitative estimate of drug-likeness (QED) is 0.590. The summed E-state index contributed by atoms with van der Waals surface area (Å²) in [5.41, 5.74) is 6.80. The van der Waals surface area contributed by atoms with Crippen molar-refractivity contribution in [2.45, 2.75) is 18.9 Å². The van der Waals surface area contributed by atoms with Crippen LogP contribution >= 0.6 is 0 Å². The Bertz CT molecular complexity index is 729. The normalized spacial score (nSPS) is 11.5. The van der Waals surface area contributed by atoms with Crippen LogP contribution in [-0.4, -0.2) is 22.8 Å². The molecule has 0 fully saturated rings. The van der Waals surface area contributed by atoms with E-state index in [1.165, 1.54) is 24.3 Å². The van der Waals surface area contributed by atoms with Gasteiger partial charge in [-0.25, -0.2) is 0 Å². The number of primary amides is 1. The van der Waals surface area contributed by atoms with Crippen molar-refractivity contribution in [1.29, 1.82) is 0 Å². The summed E-state index contributed by atoms with van der Waals surface area (Å²) in [6, 6.07) is 14.0. The molecular formula is C17H17N3O4. The first-order valence-electron chi connectivity index (χ1n) is 7.31. The Balaban J connectivity index is 2.00. The van der Waals surface area contributed by atoms with Gasteiger partial charge >= 0.3 is 0 Å². The highest BCUT2D eigenvalue weighted by molar-refractivity contribution is 5.87. The van der Waals surface area contributed by atoms with E-state index in [0.717, 1.165) is 5.56 Å². The van der Waals surface area contributed by atoms with Crippen LogP contribution in [0.4, 0.5) is 5.69 Å². The Morgan fingerprint density at radius 3 is 2.21 bits per heavy atom. The zero-order valence-corrected chi connectivity index (χ0v) is 12.8. The molecule has 2 aromatic carbocycles. The number of rotatable bonds is 7. The third-order valence-corrected chi connectivity index (χ3v) is 3.47. The first kappa shape index (κ1) is 17.1. The molecule has 3 N–H and O–H groups in total. The number of benzene rings is 2. The average molecular weight is 327 g/mol.